The van der Waals surface area contributed by atoms with Crippen molar-refractivity contribution in [2.24, 2.45) is 0 Å². The molecule has 0 radical (unpaired) electrons. The summed E-state index contributed by atoms with van der Waals surface area (Å²) in [5.41, 5.74) is 2.46. The van der Waals surface area contributed by atoms with Crippen LogP contribution in [0.1, 0.15) is 30.5 Å². The molecule has 1 amide bonds. The van der Waals surface area contributed by atoms with E-state index < -0.39 is 0 Å². The van der Waals surface area contributed by atoms with Gasteiger partial charge in [-0.05, 0) is 30.2 Å². The summed E-state index contributed by atoms with van der Waals surface area (Å²) in [6.07, 6.45) is 0.541. The Kier molecular flexibility index (Phi) is 6.32. The molecule has 0 aromatic heterocycles. The number of carbonyl (C=O) groups is 1. The van der Waals surface area contributed by atoms with Crippen LogP contribution in [-0.2, 0) is 11.3 Å². The molecule has 154 valence electrons. The van der Waals surface area contributed by atoms with Gasteiger partial charge in [0.1, 0.15) is 0 Å². The zero-order valence-corrected chi connectivity index (χ0v) is 17.0. The minimum absolute atomic E-state index is 0.237. The van der Waals surface area contributed by atoms with Gasteiger partial charge in [-0.25, -0.2) is 0 Å². The number of amides is 1. The van der Waals surface area contributed by atoms with E-state index in [1.54, 1.807) is 0 Å². The van der Waals surface area contributed by atoms with Crippen molar-refractivity contribution in [1.29, 1.82) is 0 Å². The predicted molar refractivity (Wildman–Crippen MR) is 112 cm³/mol. The standard InChI is InChI=1S/C23H29N3O3/c1-18(20-5-3-2-4-6-20)24-10-9-23(27)26-13-11-25(12-14-26)16-19-7-8-21-22(15-19)29-17-28-21/h2-8,15,18,24H,9-14,16-17H2,1H3. The van der Waals surface area contributed by atoms with Gasteiger partial charge in [0.05, 0.1) is 0 Å². The highest BCUT2D eigenvalue weighted by molar-refractivity contribution is 5.76. The highest BCUT2D eigenvalue weighted by atomic mass is 16.7. The second-order valence-corrected chi connectivity index (χ2v) is 7.68. The third-order valence-corrected chi connectivity index (χ3v) is 5.66. The number of benzene rings is 2. The molecule has 2 aliphatic heterocycles. The molecular weight excluding hydrogens is 366 g/mol. The zero-order valence-electron chi connectivity index (χ0n) is 17.0. The molecule has 4 rings (SSSR count). The van der Waals surface area contributed by atoms with Crippen molar-refractivity contribution in [1.82, 2.24) is 15.1 Å². The maximum absolute atomic E-state index is 12.5. The number of fused-ring (bicyclic) bond motifs is 1. The molecule has 1 N–H and O–H groups in total. The number of hydrogen-bond donors (Lipinski definition) is 1. The van der Waals surface area contributed by atoms with E-state index in [1.165, 1.54) is 11.1 Å². The van der Waals surface area contributed by atoms with Crippen LogP contribution >= 0.6 is 0 Å². The van der Waals surface area contributed by atoms with Crippen LogP contribution < -0.4 is 14.8 Å². The Labute approximate surface area is 172 Å². The van der Waals surface area contributed by atoms with E-state index >= 15 is 0 Å². The van der Waals surface area contributed by atoms with Crippen molar-refractivity contribution < 1.29 is 14.3 Å². The second kappa shape index (κ2) is 9.29. The van der Waals surface area contributed by atoms with E-state index in [4.69, 9.17) is 9.47 Å². The van der Waals surface area contributed by atoms with Crippen LogP contribution in [0.3, 0.4) is 0 Å². The van der Waals surface area contributed by atoms with Gasteiger partial charge in [0.2, 0.25) is 12.7 Å². The zero-order chi connectivity index (χ0) is 20.1. The Hall–Kier alpha value is -2.57. The number of nitrogens with zero attached hydrogens (tertiary/aromatic N) is 2. The van der Waals surface area contributed by atoms with Crippen molar-refractivity contribution >= 4 is 5.91 Å². The molecule has 1 saturated heterocycles. The fraction of sp³-hybridized carbons (Fsp3) is 0.435. The molecule has 0 bridgehead atoms. The van der Waals surface area contributed by atoms with Gasteiger partial charge >= 0.3 is 0 Å². The molecule has 2 aromatic carbocycles. The molecule has 2 aliphatic rings. The Morgan fingerprint density at radius 1 is 1.03 bits per heavy atom. The van der Waals surface area contributed by atoms with Crippen LogP contribution in [0.4, 0.5) is 0 Å². The molecule has 2 aromatic rings. The molecule has 1 unspecified atom stereocenters. The Bertz CT molecular complexity index is 819. The SMILES string of the molecule is CC(NCCC(=O)N1CCN(Cc2ccc3c(c2)OCO3)CC1)c1ccccc1. The third-order valence-electron chi connectivity index (χ3n) is 5.66. The van der Waals surface area contributed by atoms with Crippen molar-refractivity contribution in [3.63, 3.8) is 0 Å². The Balaban J connectivity index is 1.18. The highest BCUT2D eigenvalue weighted by Crippen LogP contribution is 2.32. The summed E-state index contributed by atoms with van der Waals surface area (Å²) in [6, 6.07) is 16.7. The van der Waals surface area contributed by atoms with Crippen LogP contribution in [0.2, 0.25) is 0 Å². The molecule has 0 saturated carbocycles. The van der Waals surface area contributed by atoms with E-state index in [0.29, 0.717) is 19.8 Å². The van der Waals surface area contributed by atoms with Crippen molar-refractivity contribution in [3.05, 3.63) is 59.7 Å². The fourth-order valence-corrected chi connectivity index (χ4v) is 3.87. The normalized spacial score (nSPS) is 17.3. The van der Waals surface area contributed by atoms with Gasteiger partial charge in [0.25, 0.3) is 0 Å². The number of hydrogen-bond acceptors (Lipinski definition) is 5. The lowest BCUT2D eigenvalue weighted by molar-refractivity contribution is -0.132. The number of nitrogens with one attached hydrogen (secondary N) is 1. The van der Waals surface area contributed by atoms with Gasteiger partial charge in [-0.1, -0.05) is 36.4 Å². The molecule has 29 heavy (non-hydrogen) atoms. The number of carbonyl (C=O) groups excluding carboxylic acids is 1. The van der Waals surface area contributed by atoms with E-state index in [-0.39, 0.29) is 11.9 Å². The molecule has 0 spiro atoms. The molecule has 6 heteroatoms. The van der Waals surface area contributed by atoms with Gasteiger partial charge < -0.3 is 19.7 Å². The van der Waals surface area contributed by atoms with Gasteiger partial charge in [-0.2, -0.15) is 0 Å². The summed E-state index contributed by atoms with van der Waals surface area (Å²) in [6.45, 7) is 7.38. The number of piperazine rings is 1. The summed E-state index contributed by atoms with van der Waals surface area (Å²) < 4.78 is 10.8. The van der Waals surface area contributed by atoms with Crippen LogP contribution in [0.25, 0.3) is 0 Å². The first kappa shape index (κ1) is 19.7. The van der Waals surface area contributed by atoms with Crippen LogP contribution in [0.5, 0.6) is 11.5 Å². The first-order valence-electron chi connectivity index (χ1n) is 10.4. The summed E-state index contributed by atoms with van der Waals surface area (Å²) in [5, 5.41) is 3.45. The summed E-state index contributed by atoms with van der Waals surface area (Å²) in [7, 11) is 0. The largest absolute Gasteiger partial charge is 0.454 e. The molecule has 2 heterocycles. The van der Waals surface area contributed by atoms with Crippen LogP contribution in [0, 0.1) is 0 Å². The van der Waals surface area contributed by atoms with E-state index in [2.05, 4.69) is 41.4 Å². The lowest BCUT2D eigenvalue weighted by Gasteiger charge is -2.35. The minimum Gasteiger partial charge on any atom is -0.454 e. The highest BCUT2D eigenvalue weighted by Gasteiger charge is 2.22. The smallest absolute Gasteiger partial charge is 0.231 e. The van der Waals surface area contributed by atoms with Crippen molar-refractivity contribution in [2.75, 3.05) is 39.5 Å². The molecule has 0 aliphatic carbocycles. The average molecular weight is 396 g/mol. The maximum atomic E-state index is 12.5. The fourth-order valence-electron chi connectivity index (χ4n) is 3.87. The lowest BCUT2D eigenvalue weighted by atomic mass is 10.1. The minimum atomic E-state index is 0.237. The Morgan fingerprint density at radius 3 is 2.59 bits per heavy atom. The summed E-state index contributed by atoms with van der Waals surface area (Å²) in [4.78, 5) is 16.9. The maximum Gasteiger partial charge on any atom is 0.231 e. The van der Waals surface area contributed by atoms with Crippen LogP contribution in [-0.4, -0.2) is 55.2 Å². The topological polar surface area (TPSA) is 54.0 Å². The molecule has 6 nitrogen and oxygen atoms in total. The van der Waals surface area contributed by atoms with Gasteiger partial charge in [-0.3, -0.25) is 9.69 Å². The van der Waals surface area contributed by atoms with Gasteiger partial charge in [0.15, 0.2) is 11.5 Å². The molecule has 1 atom stereocenters. The van der Waals surface area contributed by atoms with Gasteiger partial charge in [0, 0.05) is 51.7 Å². The predicted octanol–water partition coefficient (Wildman–Crippen LogP) is 2.80. The number of ether oxygens (including phenoxy) is 2. The summed E-state index contributed by atoms with van der Waals surface area (Å²) in [5.74, 6) is 1.88. The van der Waals surface area contributed by atoms with Crippen molar-refractivity contribution in [2.45, 2.75) is 25.9 Å². The average Bonchev–Trinajstić information content (AvgIpc) is 3.22. The first-order chi connectivity index (χ1) is 14.2. The summed E-state index contributed by atoms with van der Waals surface area (Å²) >= 11 is 0. The van der Waals surface area contributed by atoms with Gasteiger partial charge in [-0.15, -0.1) is 0 Å². The van der Waals surface area contributed by atoms with Crippen molar-refractivity contribution in [3.8, 4) is 11.5 Å². The van der Waals surface area contributed by atoms with E-state index in [1.807, 2.05) is 29.2 Å². The van der Waals surface area contributed by atoms with E-state index in [9.17, 15) is 4.79 Å². The quantitative estimate of drug-likeness (QED) is 0.781. The monoisotopic (exact) mass is 395 g/mol. The second-order valence-electron chi connectivity index (χ2n) is 7.68. The lowest BCUT2D eigenvalue weighted by Crippen LogP contribution is -2.48. The molecule has 1 fully saturated rings. The van der Waals surface area contributed by atoms with Crippen LogP contribution in [0.15, 0.2) is 48.5 Å². The number of rotatable bonds is 7. The first-order valence-corrected chi connectivity index (χ1v) is 10.4. The Morgan fingerprint density at radius 2 is 1.79 bits per heavy atom. The molecular formula is C23H29N3O3. The van der Waals surface area contributed by atoms with E-state index in [0.717, 1.165) is 44.2 Å². The third kappa shape index (κ3) is 5.08.